The van der Waals surface area contributed by atoms with Crippen molar-refractivity contribution in [3.05, 3.63) is 34.9 Å². The number of unbranched alkanes of at least 4 members (excludes halogenated alkanes) is 1. The van der Waals surface area contributed by atoms with Crippen LogP contribution in [-0.4, -0.2) is 21.9 Å². The van der Waals surface area contributed by atoms with Gasteiger partial charge in [0.15, 0.2) is 5.78 Å². The van der Waals surface area contributed by atoms with Crippen molar-refractivity contribution in [2.75, 3.05) is 0 Å². The average Bonchev–Trinajstić information content (AvgIpc) is 2.58. The molecule has 0 saturated heterocycles. The summed E-state index contributed by atoms with van der Waals surface area (Å²) in [5, 5.41) is 10.7. The molecule has 0 radical (unpaired) electrons. The predicted octanol–water partition coefficient (Wildman–Crippen LogP) is 6.16. The van der Waals surface area contributed by atoms with Crippen molar-refractivity contribution in [2.24, 2.45) is 0 Å². The molecule has 166 valence electrons. The highest BCUT2D eigenvalue weighted by molar-refractivity contribution is 7.32. The van der Waals surface area contributed by atoms with E-state index in [1.807, 2.05) is 53.7 Å². The standard InChI is InChI=1S/C19H29O5P.C4H10/c1-12(24-25(22)23)16(20)9-8-13-10-14(18(2,3)4)17(21)15(11-13)19(5,6)7;1-3-4-2/h8-12,21,25H,1-7H3,(H,22,23);3-4H2,1-2H3/b9-8+;. The van der Waals surface area contributed by atoms with Crippen LogP contribution in [0.15, 0.2) is 18.2 Å². The van der Waals surface area contributed by atoms with Gasteiger partial charge in [0.2, 0.25) is 0 Å². The van der Waals surface area contributed by atoms with Crippen molar-refractivity contribution in [3.8, 4) is 5.75 Å². The fourth-order valence-electron chi connectivity index (χ4n) is 2.42. The Morgan fingerprint density at radius 2 is 1.48 bits per heavy atom. The normalized spacial score (nSPS) is 14.3. The third-order valence-corrected chi connectivity index (χ3v) is 4.92. The van der Waals surface area contributed by atoms with E-state index in [9.17, 15) is 14.5 Å². The SMILES string of the molecule is CC(O[PH](=O)O)C(=O)/C=C/c1cc(C(C)(C)C)c(O)c(C(C)(C)C)c1.CCCC. The molecule has 1 rings (SSSR count). The quantitative estimate of drug-likeness (QED) is 0.420. The molecular weight excluding hydrogens is 387 g/mol. The average molecular weight is 427 g/mol. The number of ketones is 1. The molecule has 0 aliphatic heterocycles. The smallest absolute Gasteiger partial charge is 0.317 e. The molecule has 0 saturated carbocycles. The van der Waals surface area contributed by atoms with Crippen LogP contribution in [0.5, 0.6) is 5.75 Å². The number of phenolic OH excluding ortho intramolecular Hbond substituents is 1. The first-order valence-electron chi connectivity index (χ1n) is 10.1. The summed E-state index contributed by atoms with van der Waals surface area (Å²) >= 11 is 0. The summed E-state index contributed by atoms with van der Waals surface area (Å²) in [6.45, 7) is 17.9. The Labute approximate surface area is 177 Å². The molecule has 0 bridgehead atoms. The summed E-state index contributed by atoms with van der Waals surface area (Å²) < 4.78 is 15.3. The van der Waals surface area contributed by atoms with Crippen molar-refractivity contribution in [3.63, 3.8) is 0 Å². The van der Waals surface area contributed by atoms with Crippen molar-refractivity contribution in [2.45, 2.75) is 92.1 Å². The summed E-state index contributed by atoms with van der Waals surface area (Å²) in [5.74, 6) is -0.117. The lowest BCUT2D eigenvalue weighted by atomic mass is 9.78. The monoisotopic (exact) mass is 426 g/mol. The lowest BCUT2D eigenvalue weighted by molar-refractivity contribution is -0.120. The molecule has 2 N–H and O–H groups in total. The van der Waals surface area contributed by atoms with Crippen LogP contribution >= 0.6 is 8.25 Å². The van der Waals surface area contributed by atoms with E-state index in [1.165, 1.54) is 25.8 Å². The summed E-state index contributed by atoms with van der Waals surface area (Å²) in [6, 6.07) is 3.71. The maximum atomic E-state index is 12.0. The minimum absolute atomic E-state index is 0.259. The van der Waals surface area contributed by atoms with E-state index in [-0.39, 0.29) is 16.6 Å². The van der Waals surface area contributed by atoms with Gasteiger partial charge in [-0.05, 0) is 41.5 Å². The number of carbonyl (C=O) groups excluding carboxylic acids is 1. The summed E-state index contributed by atoms with van der Waals surface area (Å²) in [5.41, 5.74) is 1.87. The van der Waals surface area contributed by atoms with Gasteiger partial charge in [0.1, 0.15) is 11.9 Å². The molecule has 0 heterocycles. The number of phenols is 1. The van der Waals surface area contributed by atoms with Crippen LogP contribution in [0.25, 0.3) is 6.08 Å². The van der Waals surface area contributed by atoms with Crippen LogP contribution in [-0.2, 0) is 24.7 Å². The number of hydrogen-bond acceptors (Lipinski definition) is 4. The van der Waals surface area contributed by atoms with E-state index in [2.05, 4.69) is 18.4 Å². The summed E-state index contributed by atoms with van der Waals surface area (Å²) in [7, 11) is -3.16. The summed E-state index contributed by atoms with van der Waals surface area (Å²) in [4.78, 5) is 20.7. The number of rotatable bonds is 6. The van der Waals surface area contributed by atoms with Crippen LogP contribution in [0.3, 0.4) is 0 Å². The van der Waals surface area contributed by atoms with Crippen molar-refractivity contribution < 1.29 is 23.9 Å². The summed E-state index contributed by atoms with van der Waals surface area (Å²) in [6.07, 6.45) is 4.63. The Morgan fingerprint density at radius 1 is 1.07 bits per heavy atom. The molecule has 2 atom stereocenters. The highest BCUT2D eigenvalue weighted by atomic mass is 31.1. The van der Waals surface area contributed by atoms with Crippen molar-refractivity contribution in [1.29, 1.82) is 0 Å². The van der Waals surface area contributed by atoms with Gasteiger partial charge < -0.3 is 10.00 Å². The zero-order valence-electron chi connectivity index (χ0n) is 19.4. The molecule has 29 heavy (non-hydrogen) atoms. The topological polar surface area (TPSA) is 83.8 Å². The molecule has 0 aliphatic rings. The Kier molecular flexibility index (Phi) is 11.1. The maximum absolute atomic E-state index is 12.0. The van der Waals surface area contributed by atoms with Crippen LogP contribution in [0, 0.1) is 0 Å². The van der Waals surface area contributed by atoms with E-state index in [0.29, 0.717) is 0 Å². The van der Waals surface area contributed by atoms with Gasteiger partial charge in [-0.3, -0.25) is 13.9 Å². The van der Waals surface area contributed by atoms with Crippen LogP contribution in [0.1, 0.15) is 91.8 Å². The minimum atomic E-state index is -3.16. The highest BCUT2D eigenvalue weighted by Crippen LogP contribution is 2.40. The van der Waals surface area contributed by atoms with E-state index in [1.54, 1.807) is 6.08 Å². The molecule has 0 amide bonds. The fraction of sp³-hybridized carbons (Fsp3) is 0.609. The van der Waals surface area contributed by atoms with Gasteiger partial charge in [0.05, 0.1) is 0 Å². The van der Waals surface area contributed by atoms with Crippen LogP contribution < -0.4 is 0 Å². The first kappa shape index (κ1) is 27.6. The van der Waals surface area contributed by atoms with E-state index in [4.69, 9.17) is 4.89 Å². The second kappa shape index (κ2) is 11.7. The molecular formula is C23H39O5P. The zero-order valence-corrected chi connectivity index (χ0v) is 20.4. The lowest BCUT2D eigenvalue weighted by Crippen LogP contribution is -2.17. The third-order valence-electron chi connectivity index (χ3n) is 4.37. The Bertz CT molecular complexity index is 687. The molecule has 0 aromatic heterocycles. The first-order chi connectivity index (χ1) is 13.1. The molecule has 0 fully saturated rings. The van der Waals surface area contributed by atoms with Gasteiger partial charge in [-0.2, -0.15) is 0 Å². The molecule has 0 spiro atoms. The molecule has 1 aromatic carbocycles. The second-order valence-electron chi connectivity index (χ2n) is 9.23. The van der Waals surface area contributed by atoms with Crippen LogP contribution in [0.4, 0.5) is 0 Å². The highest BCUT2D eigenvalue weighted by Gasteiger charge is 2.26. The molecule has 0 aliphatic carbocycles. The van der Waals surface area contributed by atoms with Crippen LogP contribution in [0.2, 0.25) is 0 Å². The predicted molar refractivity (Wildman–Crippen MR) is 122 cm³/mol. The van der Waals surface area contributed by atoms with Gasteiger partial charge in [0.25, 0.3) is 0 Å². The van der Waals surface area contributed by atoms with Gasteiger partial charge in [0, 0.05) is 11.1 Å². The zero-order chi connectivity index (χ0) is 23.0. The van der Waals surface area contributed by atoms with E-state index in [0.717, 1.165) is 16.7 Å². The number of carbonyl (C=O) groups is 1. The Hall–Kier alpha value is -1.42. The van der Waals surface area contributed by atoms with E-state index < -0.39 is 20.1 Å². The number of aromatic hydroxyl groups is 1. The molecule has 2 unspecified atom stereocenters. The molecule has 1 aromatic rings. The van der Waals surface area contributed by atoms with Crippen molar-refractivity contribution in [1.82, 2.24) is 0 Å². The molecule has 6 heteroatoms. The third kappa shape index (κ3) is 9.75. The van der Waals surface area contributed by atoms with Gasteiger partial charge in [-0.15, -0.1) is 0 Å². The molecule has 5 nitrogen and oxygen atoms in total. The maximum Gasteiger partial charge on any atom is 0.317 e. The first-order valence-corrected chi connectivity index (χ1v) is 11.4. The Balaban J connectivity index is 0.00000178. The fourth-order valence-corrected chi connectivity index (χ4v) is 2.84. The second-order valence-corrected chi connectivity index (χ2v) is 9.99. The number of hydrogen-bond donors (Lipinski definition) is 2. The lowest BCUT2D eigenvalue weighted by Gasteiger charge is -2.27. The van der Waals surface area contributed by atoms with E-state index >= 15 is 0 Å². The van der Waals surface area contributed by atoms with Gasteiger partial charge >= 0.3 is 8.25 Å². The Morgan fingerprint density at radius 3 is 1.79 bits per heavy atom. The largest absolute Gasteiger partial charge is 0.507 e. The van der Waals surface area contributed by atoms with Crippen molar-refractivity contribution >= 4 is 20.1 Å². The minimum Gasteiger partial charge on any atom is -0.507 e. The van der Waals surface area contributed by atoms with Gasteiger partial charge in [-0.1, -0.05) is 74.3 Å². The number of benzene rings is 1. The van der Waals surface area contributed by atoms with Gasteiger partial charge in [-0.25, -0.2) is 0 Å².